The van der Waals surface area contributed by atoms with Crippen molar-refractivity contribution in [3.8, 4) is 0 Å². The summed E-state index contributed by atoms with van der Waals surface area (Å²) in [5.74, 6) is 1.91. The van der Waals surface area contributed by atoms with Crippen molar-refractivity contribution in [1.82, 2.24) is 0 Å². The number of hydrogen-bond donors (Lipinski definition) is 0. The van der Waals surface area contributed by atoms with Crippen LogP contribution < -0.4 is 0 Å². The number of allylic oxidation sites excluding steroid dienone is 2. The minimum absolute atomic E-state index is 0.587. The molecule has 0 aromatic rings. The lowest BCUT2D eigenvalue weighted by molar-refractivity contribution is 0.0709. The highest BCUT2D eigenvalue weighted by Gasteiger charge is 2.38. The monoisotopic (exact) mass is 163 g/mol. The van der Waals surface area contributed by atoms with Crippen molar-refractivity contribution in [2.24, 2.45) is 17.3 Å². The Morgan fingerprint density at radius 3 is 3.00 bits per heavy atom. The van der Waals surface area contributed by atoms with Crippen LogP contribution in [0.2, 0.25) is 0 Å². The number of rotatable bonds is 0. The van der Waals surface area contributed by atoms with Gasteiger partial charge in [0.15, 0.2) is 0 Å². The maximum absolute atomic E-state index is 3.41. The van der Waals surface area contributed by atoms with Crippen molar-refractivity contribution < 1.29 is 0 Å². The Bertz CT molecular complexity index is 188. The highest BCUT2D eigenvalue weighted by atomic mass is 14.4. The molecule has 0 spiro atoms. The Morgan fingerprint density at radius 2 is 2.25 bits per heavy atom. The normalized spacial score (nSPS) is 39.2. The second kappa shape index (κ2) is 2.90. The van der Waals surface area contributed by atoms with Crippen LogP contribution >= 0.6 is 0 Å². The summed E-state index contributed by atoms with van der Waals surface area (Å²) >= 11 is 0. The quantitative estimate of drug-likeness (QED) is 0.512. The lowest BCUT2D eigenvalue weighted by atomic mass is 9.60. The van der Waals surface area contributed by atoms with Crippen LogP contribution in [-0.4, -0.2) is 0 Å². The van der Waals surface area contributed by atoms with Crippen molar-refractivity contribution in [2.75, 3.05) is 0 Å². The highest BCUT2D eigenvalue weighted by molar-refractivity contribution is 4.97. The predicted molar refractivity (Wildman–Crippen MR) is 51.7 cm³/mol. The van der Waals surface area contributed by atoms with Crippen LogP contribution in [-0.2, 0) is 0 Å². The Morgan fingerprint density at radius 1 is 1.42 bits per heavy atom. The molecule has 0 bridgehead atoms. The van der Waals surface area contributed by atoms with E-state index >= 15 is 0 Å². The molecule has 0 amide bonds. The first kappa shape index (κ1) is 8.34. The van der Waals surface area contributed by atoms with E-state index in [-0.39, 0.29) is 0 Å². The van der Waals surface area contributed by atoms with Gasteiger partial charge in [0.1, 0.15) is 0 Å². The second-order valence-electron chi connectivity index (χ2n) is 5.10. The topological polar surface area (TPSA) is 0 Å². The summed E-state index contributed by atoms with van der Waals surface area (Å²) in [6.45, 7) is 4.88. The zero-order valence-corrected chi connectivity index (χ0v) is 8.27. The van der Waals surface area contributed by atoms with Crippen LogP contribution in [0.5, 0.6) is 0 Å². The molecule has 1 radical (unpaired) electrons. The summed E-state index contributed by atoms with van der Waals surface area (Å²) < 4.78 is 0. The Kier molecular flexibility index (Phi) is 2.02. The smallest absolute Gasteiger partial charge is 0.0243 e. The van der Waals surface area contributed by atoms with Gasteiger partial charge in [-0.2, -0.15) is 0 Å². The van der Waals surface area contributed by atoms with Gasteiger partial charge in [-0.25, -0.2) is 0 Å². The molecule has 0 nitrogen and oxygen atoms in total. The molecule has 0 aromatic heterocycles. The largest absolute Gasteiger partial charge is 0.0808 e. The van der Waals surface area contributed by atoms with Crippen molar-refractivity contribution in [3.05, 3.63) is 12.2 Å². The first-order chi connectivity index (χ1) is 5.70. The fraction of sp³-hybridized carbons (Fsp3) is 0.833. The molecule has 0 saturated heterocycles. The van der Waals surface area contributed by atoms with E-state index in [1.807, 2.05) is 0 Å². The van der Waals surface area contributed by atoms with Gasteiger partial charge in [0, 0.05) is 0 Å². The molecule has 0 aliphatic heterocycles. The molecule has 2 atom stereocenters. The summed E-state index contributed by atoms with van der Waals surface area (Å²) in [7, 11) is 0. The predicted octanol–water partition coefficient (Wildman–Crippen LogP) is 3.58. The standard InChI is InChI=1S/C12H19/c1-12(2)9-5-7-10-6-3-4-8-11(10)12/h3,10-11H,5-9H2,1-2H3. The van der Waals surface area contributed by atoms with Crippen molar-refractivity contribution in [2.45, 2.75) is 46.0 Å². The molecule has 67 valence electrons. The summed E-state index contributed by atoms with van der Waals surface area (Å²) in [6.07, 6.45) is 12.5. The summed E-state index contributed by atoms with van der Waals surface area (Å²) in [5.41, 5.74) is 0.587. The average molecular weight is 163 g/mol. The maximum Gasteiger partial charge on any atom is -0.0243 e. The van der Waals surface area contributed by atoms with Crippen LogP contribution in [0.3, 0.4) is 0 Å². The summed E-state index contributed by atoms with van der Waals surface area (Å²) in [5, 5.41) is 0. The van der Waals surface area contributed by atoms with Gasteiger partial charge in [-0.05, 0) is 49.0 Å². The van der Waals surface area contributed by atoms with Gasteiger partial charge in [-0.15, -0.1) is 0 Å². The first-order valence-corrected chi connectivity index (χ1v) is 5.25. The summed E-state index contributed by atoms with van der Waals surface area (Å²) in [6, 6.07) is 0. The van der Waals surface area contributed by atoms with E-state index in [0.29, 0.717) is 5.41 Å². The van der Waals surface area contributed by atoms with E-state index < -0.39 is 0 Å². The zero-order valence-electron chi connectivity index (χ0n) is 8.27. The van der Waals surface area contributed by atoms with Gasteiger partial charge in [0.2, 0.25) is 0 Å². The van der Waals surface area contributed by atoms with Crippen molar-refractivity contribution in [3.63, 3.8) is 0 Å². The molecular weight excluding hydrogens is 144 g/mol. The maximum atomic E-state index is 3.41. The van der Waals surface area contributed by atoms with Crippen LogP contribution in [0.1, 0.15) is 46.0 Å². The molecular formula is C12H19. The third-order valence-electron chi connectivity index (χ3n) is 3.87. The molecule has 12 heavy (non-hydrogen) atoms. The lowest BCUT2D eigenvalue weighted by Crippen LogP contribution is -2.35. The Balaban J connectivity index is 2.16. The average Bonchev–Trinajstić information content (AvgIpc) is 2.04. The number of fused-ring (bicyclic) bond motifs is 1. The number of hydrogen-bond acceptors (Lipinski definition) is 0. The van der Waals surface area contributed by atoms with Crippen LogP contribution in [0, 0.1) is 23.3 Å². The third kappa shape index (κ3) is 1.32. The van der Waals surface area contributed by atoms with Crippen molar-refractivity contribution in [1.29, 1.82) is 0 Å². The minimum Gasteiger partial charge on any atom is -0.0808 e. The highest BCUT2D eigenvalue weighted by Crippen LogP contribution is 2.48. The van der Waals surface area contributed by atoms with Gasteiger partial charge >= 0.3 is 0 Å². The summed E-state index contributed by atoms with van der Waals surface area (Å²) in [4.78, 5) is 0. The van der Waals surface area contributed by atoms with Crippen LogP contribution in [0.4, 0.5) is 0 Å². The van der Waals surface area contributed by atoms with E-state index in [9.17, 15) is 0 Å². The molecule has 1 saturated carbocycles. The van der Waals surface area contributed by atoms with Crippen molar-refractivity contribution >= 4 is 0 Å². The molecule has 2 rings (SSSR count). The third-order valence-corrected chi connectivity index (χ3v) is 3.87. The Hall–Kier alpha value is -0.260. The van der Waals surface area contributed by atoms with Gasteiger partial charge in [-0.1, -0.05) is 26.3 Å². The van der Waals surface area contributed by atoms with Gasteiger partial charge in [0.25, 0.3) is 0 Å². The molecule has 2 unspecified atom stereocenters. The second-order valence-corrected chi connectivity index (χ2v) is 5.10. The fourth-order valence-corrected chi connectivity index (χ4v) is 3.01. The molecule has 0 heterocycles. The molecule has 0 N–H and O–H groups in total. The SMILES string of the molecule is CC1(C)CCCC2CC=[C]CC21. The van der Waals surface area contributed by atoms with Gasteiger partial charge in [0.05, 0.1) is 0 Å². The minimum atomic E-state index is 0.587. The fourth-order valence-electron chi connectivity index (χ4n) is 3.01. The van der Waals surface area contributed by atoms with Gasteiger partial charge < -0.3 is 0 Å². The molecule has 1 fully saturated rings. The van der Waals surface area contributed by atoms with Crippen LogP contribution in [0.25, 0.3) is 0 Å². The van der Waals surface area contributed by atoms with E-state index in [0.717, 1.165) is 11.8 Å². The van der Waals surface area contributed by atoms with E-state index in [1.54, 1.807) is 0 Å². The van der Waals surface area contributed by atoms with E-state index in [1.165, 1.54) is 32.1 Å². The van der Waals surface area contributed by atoms with E-state index in [4.69, 9.17) is 0 Å². The zero-order chi connectivity index (χ0) is 8.60. The van der Waals surface area contributed by atoms with E-state index in [2.05, 4.69) is 26.0 Å². The Labute approximate surface area is 76.1 Å². The van der Waals surface area contributed by atoms with Crippen LogP contribution in [0.15, 0.2) is 6.08 Å². The molecule has 0 heteroatoms. The van der Waals surface area contributed by atoms with Gasteiger partial charge in [-0.3, -0.25) is 0 Å². The molecule has 0 aromatic carbocycles. The molecule has 2 aliphatic rings. The lowest BCUT2D eigenvalue weighted by Gasteiger charge is -2.45. The molecule has 2 aliphatic carbocycles. The first-order valence-electron chi connectivity index (χ1n) is 5.25.